The minimum atomic E-state index is -4.86. The van der Waals surface area contributed by atoms with Crippen LogP contribution in [0.1, 0.15) is 0 Å². The summed E-state index contributed by atoms with van der Waals surface area (Å²) in [5.41, 5.74) is 3.81. The maximum absolute atomic E-state index is 10.7. The van der Waals surface area contributed by atoms with Crippen LogP contribution in [0.5, 0.6) is 0 Å². The standard InChI is InChI=1S/C2H2F3NO.CHNS.K/c3-2(4,5)1(6)7;2-1-3;/h(H2,6,7);3H;/q;;+1/p-1. The van der Waals surface area contributed by atoms with Crippen molar-refractivity contribution in [2.24, 2.45) is 5.73 Å². The smallest absolute Gasteiger partial charge is 0.696 e. The molecule has 2 N–H and O–H groups in total. The fraction of sp³-hybridized carbons (Fsp3) is 0.333. The summed E-state index contributed by atoms with van der Waals surface area (Å²) < 4.78 is 32.1. The van der Waals surface area contributed by atoms with Gasteiger partial charge in [-0.2, -0.15) is 13.2 Å². The number of rotatable bonds is 0. The van der Waals surface area contributed by atoms with Crippen molar-refractivity contribution in [3.05, 3.63) is 0 Å². The Kier molecular flexibility index (Phi) is 13.9. The Morgan fingerprint density at radius 1 is 1.55 bits per heavy atom. The summed E-state index contributed by atoms with van der Waals surface area (Å²) in [7, 11) is 0. The Morgan fingerprint density at radius 2 is 1.64 bits per heavy atom. The molecule has 0 radical (unpaired) electrons. The molecule has 11 heavy (non-hydrogen) atoms. The number of nitriles is 1. The molecule has 0 heterocycles. The first-order chi connectivity index (χ1) is 4.36. The van der Waals surface area contributed by atoms with E-state index in [1.807, 2.05) is 0 Å². The van der Waals surface area contributed by atoms with Gasteiger partial charge >= 0.3 is 63.5 Å². The zero-order valence-corrected chi connectivity index (χ0v) is 9.41. The van der Waals surface area contributed by atoms with E-state index in [2.05, 4.69) is 18.4 Å². The number of hydrogen-bond donors (Lipinski definition) is 1. The Hall–Kier alpha value is 0.606. The average molecular weight is 210 g/mol. The SMILES string of the molecule is N#C[S-].NC(=O)C(F)(F)F.[K+]. The number of halogens is 3. The first kappa shape index (κ1) is 17.6. The van der Waals surface area contributed by atoms with E-state index >= 15 is 0 Å². The van der Waals surface area contributed by atoms with Crippen LogP contribution in [0.15, 0.2) is 0 Å². The van der Waals surface area contributed by atoms with Crippen molar-refractivity contribution in [3.8, 4) is 5.40 Å². The van der Waals surface area contributed by atoms with Gasteiger partial charge < -0.3 is 18.4 Å². The zero-order chi connectivity index (χ0) is 8.78. The first-order valence-electron chi connectivity index (χ1n) is 1.74. The molecule has 0 bridgehead atoms. The molecule has 0 atom stereocenters. The Morgan fingerprint density at radius 3 is 1.64 bits per heavy atom. The van der Waals surface area contributed by atoms with Gasteiger partial charge in [0.2, 0.25) is 0 Å². The molecule has 0 rings (SSSR count). The van der Waals surface area contributed by atoms with E-state index in [0.717, 1.165) is 0 Å². The third kappa shape index (κ3) is 18.0. The number of hydrogen-bond acceptors (Lipinski definition) is 3. The number of alkyl halides is 3. The van der Waals surface area contributed by atoms with Crippen LogP contribution in [0.2, 0.25) is 0 Å². The number of thiocyanates is 1. The maximum Gasteiger partial charge on any atom is 1.00 e. The third-order valence-electron chi connectivity index (χ3n) is 0.279. The van der Waals surface area contributed by atoms with E-state index in [-0.39, 0.29) is 51.4 Å². The topological polar surface area (TPSA) is 66.9 Å². The van der Waals surface area contributed by atoms with Gasteiger partial charge in [-0.3, -0.25) is 4.79 Å². The van der Waals surface area contributed by atoms with E-state index in [4.69, 9.17) is 10.1 Å². The van der Waals surface area contributed by atoms with Crippen LogP contribution in [0.3, 0.4) is 0 Å². The van der Waals surface area contributed by atoms with Gasteiger partial charge in [0.05, 0.1) is 0 Å². The summed E-state index contributed by atoms with van der Waals surface area (Å²) in [5, 5.41) is 8.47. The van der Waals surface area contributed by atoms with Crippen molar-refractivity contribution in [3.63, 3.8) is 0 Å². The molecule has 0 spiro atoms. The molecule has 58 valence electrons. The number of carbonyl (C=O) groups is 1. The minimum Gasteiger partial charge on any atom is -0.696 e. The normalized spacial score (nSPS) is 7.82. The molecule has 0 unspecified atom stereocenters. The number of carbonyl (C=O) groups excluding carboxylic acids is 1. The fourth-order valence-electron chi connectivity index (χ4n) is 0. The van der Waals surface area contributed by atoms with Crippen LogP contribution < -0.4 is 57.1 Å². The Bertz CT molecular complexity index is 154. The van der Waals surface area contributed by atoms with Crippen molar-refractivity contribution >= 4 is 18.5 Å². The van der Waals surface area contributed by atoms with Crippen molar-refractivity contribution in [2.75, 3.05) is 0 Å². The van der Waals surface area contributed by atoms with Gasteiger partial charge in [-0.1, -0.05) is 5.40 Å². The van der Waals surface area contributed by atoms with Crippen LogP contribution in [-0.4, -0.2) is 12.1 Å². The minimum absolute atomic E-state index is 0. The van der Waals surface area contributed by atoms with Gasteiger partial charge in [-0.25, -0.2) is 5.26 Å². The van der Waals surface area contributed by atoms with Gasteiger partial charge in [-0.15, -0.1) is 0 Å². The van der Waals surface area contributed by atoms with E-state index in [0.29, 0.717) is 0 Å². The third-order valence-corrected chi connectivity index (χ3v) is 0.279. The molecule has 0 saturated heterocycles. The molecule has 0 aromatic heterocycles. The molecule has 0 aromatic carbocycles. The van der Waals surface area contributed by atoms with E-state index < -0.39 is 12.1 Å². The molecule has 3 nitrogen and oxygen atoms in total. The molecular weight excluding hydrogens is 208 g/mol. The fourth-order valence-corrected chi connectivity index (χ4v) is 0. The summed E-state index contributed by atoms with van der Waals surface area (Å²) >= 11 is 3.70. The van der Waals surface area contributed by atoms with Crippen molar-refractivity contribution < 1.29 is 69.4 Å². The molecular formula is C3H2F3KN2OS. The second kappa shape index (κ2) is 8.70. The van der Waals surface area contributed by atoms with Crippen LogP contribution in [0, 0.1) is 10.7 Å². The largest absolute Gasteiger partial charge is 1.00 e. The molecule has 0 aromatic rings. The zero-order valence-electron chi connectivity index (χ0n) is 5.47. The Labute approximate surface area is 109 Å². The number of primary amides is 1. The number of nitrogens with zero attached hydrogens (tertiary/aromatic N) is 1. The van der Waals surface area contributed by atoms with Crippen LogP contribution in [-0.2, 0) is 17.4 Å². The summed E-state index contributed by atoms with van der Waals surface area (Å²) in [4.78, 5) is 9.12. The first-order valence-corrected chi connectivity index (χ1v) is 2.15. The second-order valence-electron chi connectivity index (χ2n) is 0.953. The predicted molar refractivity (Wildman–Crippen MR) is 28.2 cm³/mol. The van der Waals surface area contributed by atoms with Gasteiger partial charge in [-0.05, 0) is 0 Å². The molecule has 1 amide bonds. The van der Waals surface area contributed by atoms with Gasteiger partial charge in [0.1, 0.15) is 0 Å². The summed E-state index contributed by atoms with van der Waals surface area (Å²) in [6, 6.07) is 0. The average Bonchev–Trinajstić information content (AvgIpc) is 1.64. The number of nitrogens with two attached hydrogens (primary N) is 1. The molecule has 8 heteroatoms. The molecule has 0 aliphatic carbocycles. The van der Waals surface area contributed by atoms with Crippen molar-refractivity contribution in [1.29, 1.82) is 5.26 Å². The van der Waals surface area contributed by atoms with Gasteiger partial charge in [0, 0.05) is 0 Å². The molecule has 0 aliphatic rings. The van der Waals surface area contributed by atoms with E-state index in [9.17, 15) is 13.2 Å². The molecule has 0 saturated carbocycles. The van der Waals surface area contributed by atoms with Crippen molar-refractivity contribution in [1.82, 2.24) is 0 Å². The maximum atomic E-state index is 10.7. The second-order valence-corrected chi connectivity index (χ2v) is 1.14. The summed E-state index contributed by atoms with van der Waals surface area (Å²) in [6.07, 6.45) is -4.86. The van der Waals surface area contributed by atoms with E-state index in [1.54, 1.807) is 0 Å². The van der Waals surface area contributed by atoms with Crippen LogP contribution in [0.25, 0.3) is 0 Å². The monoisotopic (exact) mass is 210 g/mol. The summed E-state index contributed by atoms with van der Waals surface area (Å²) in [6.45, 7) is 0. The quantitative estimate of drug-likeness (QED) is 0.264. The molecule has 0 aliphatic heterocycles. The van der Waals surface area contributed by atoms with Crippen molar-refractivity contribution in [2.45, 2.75) is 6.18 Å². The van der Waals surface area contributed by atoms with Crippen LogP contribution >= 0.6 is 0 Å². The van der Waals surface area contributed by atoms with E-state index in [1.165, 1.54) is 5.40 Å². The van der Waals surface area contributed by atoms with Crippen LogP contribution in [0.4, 0.5) is 13.2 Å². The van der Waals surface area contributed by atoms with Gasteiger partial charge in [0.25, 0.3) is 0 Å². The predicted octanol–water partition coefficient (Wildman–Crippen LogP) is -2.95. The Balaban J connectivity index is -0.000000140. The van der Waals surface area contributed by atoms with Gasteiger partial charge in [0.15, 0.2) is 0 Å². The number of amides is 1. The summed E-state index contributed by atoms with van der Waals surface area (Å²) in [5.74, 6) is -2.26. The molecule has 0 fully saturated rings.